The summed E-state index contributed by atoms with van der Waals surface area (Å²) in [5.74, 6) is -2.42. The average molecular weight is 273 g/mol. The van der Waals surface area contributed by atoms with Crippen molar-refractivity contribution in [1.82, 2.24) is 0 Å². The van der Waals surface area contributed by atoms with E-state index in [9.17, 15) is 14.3 Å². The SMILES string of the molecule is NCC(c1ccc(F)cc1)C(C(=O)O)c1ccccc1. The molecule has 104 valence electrons. The van der Waals surface area contributed by atoms with Crippen molar-refractivity contribution in [3.63, 3.8) is 0 Å². The van der Waals surface area contributed by atoms with Crippen LogP contribution in [0.15, 0.2) is 54.6 Å². The number of rotatable bonds is 5. The number of aliphatic carboxylic acids is 1. The molecule has 2 atom stereocenters. The number of hydrogen-bond acceptors (Lipinski definition) is 2. The highest BCUT2D eigenvalue weighted by molar-refractivity contribution is 5.77. The highest BCUT2D eigenvalue weighted by atomic mass is 19.1. The van der Waals surface area contributed by atoms with E-state index in [-0.39, 0.29) is 12.4 Å². The second-order valence-electron chi connectivity index (χ2n) is 4.62. The standard InChI is InChI=1S/C16H16FNO2/c17-13-8-6-11(7-9-13)14(10-18)15(16(19)20)12-4-2-1-3-5-12/h1-9,14-15H,10,18H2,(H,19,20). The number of nitrogens with two attached hydrogens (primary N) is 1. The van der Waals surface area contributed by atoms with Gasteiger partial charge in [0.2, 0.25) is 0 Å². The fourth-order valence-corrected chi connectivity index (χ4v) is 2.38. The van der Waals surface area contributed by atoms with Crippen LogP contribution >= 0.6 is 0 Å². The maximum atomic E-state index is 13.0. The van der Waals surface area contributed by atoms with Crippen LogP contribution in [0.25, 0.3) is 0 Å². The number of carboxylic acids is 1. The molecule has 4 heteroatoms. The third kappa shape index (κ3) is 3.03. The van der Waals surface area contributed by atoms with Gasteiger partial charge in [0.1, 0.15) is 5.82 Å². The fraction of sp³-hybridized carbons (Fsp3) is 0.188. The second-order valence-corrected chi connectivity index (χ2v) is 4.62. The van der Waals surface area contributed by atoms with Crippen LogP contribution in [0.5, 0.6) is 0 Å². The number of hydrogen-bond donors (Lipinski definition) is 2. The van der Waals surface area contributed by atoms with Gasteiger partial charge in [0, 0.05) is 12.5 Å². The predicted molar refractivity (Wildman–Crippen MR) is 75.0 cm³/mol. The molecule has 2 rings (SSSR count). The predicted octanol–water partition coefficient (Wildman–Crippen LogP) is 2.74. The first kappa shape index (κ1) is 14.2. The number of carboxylic acid groups (broad SMARTS) is 1. The summed E-state index contributed by atoms with van der Waals surface area (Å²) in [6, 6.07) is 14.8. The van der Waals surface area contributed by atoms with Crippen molar-refractivity contribution in [1.29, 1.82) is 0 Å². The Morgan fingerprint density at radius 3 is 2.15 bits per heavy atom. The average Bonchev–Trinajstić information content (AvgIpc) is 2.46. The van der Waals surface area contributed by atoms with Gasteiger partial charge >= 0.3 is 5.97 Å². The molecule has 0 radical (unpaired) electrons. The summed E-state index contributed by atoms with van der Waals surface area (Å²) < 4.78 is 13.0. The van der Waals surface area contributed by atoms with Crippen LogP contribution in [0, 0.1) is 5.82 Å². The van der Waals surface area contributed by atoms with Crippen molar-refractivity contribution in [3.05, 3.63) is 71.5 Å². The van der Waals surface area contributed by atoms with Crippen molar-refractivity contribution in [2.75, 3.05) is 6.54 Å². The van der Waals surface area contributed by atoms with Gasteiger partial charge in [0.05, 0.1) is 5.92 Å². The molecule has 0 heterocycles. The van der Waals surface area contributed by atoms with E-state index in [1.807, 2.05) is 6.07 Å². The third-order valence-electron chi connectivity index (χ3n) is 3.38. The summed E-state index contributed by atoms with van der Waals surface area (Å²) in [5, 5.41) is 9.51. The van der Waals surface area contributed by atoms with Crippen LogP contribution in [0.3, 0.4) is 0 Å². The molecule has 2 unspecified atom stereocenters. The summed E-state index contributed by atoms with van der Waals surface area (Å²) in [6.07, 6.45) is 0. The van der Waals surface area contributed by atoms with Crippen molar-refractivity contribution in [3.8, 4) is 0 Å². The lowest BCUT2D eigenvalue weighted by Crippen LogP contribution is -2.26. The molecular weight excluding hydrogens is 257 g/mol. The minimum Gasteiger partial charge on any atom is -0.481 e. The minimum absolute atomic E-state index is 0.178. The number of halogens is 1. The molecule has 0 bridgehead atoms. The minimum atomic E-state index is -0.934. The normalized spacial score (nSPS) is 13.7. The molecule has 0 saturated heterocycles. The molecule has 0 aromatic heterocycles. The Balaban J connectivity index is 2.41. The maximum absolute atomic E-state index is 13.0. The summed E-state index contributed by atoms with van der Waals surface area (Å²) in [4.78, 5) is 11.6. The van der Waals surface area contributed by atoms with Crippen molar-refractivity contribution < 1.29 is 14.3 Å². The van der Waals surface area contributed by atoms with Gasteiger partial charge < -0.3 is 10.8 Å². The lowest BCUT2D eigenvalue weighted by molar-refractivity contribution is -0.139. The zero-order chi connectivity index (χ0) is 14.5. The van der Waals surface area contributed by atoms with Gasteiger partial charge in [-0.3, -0.25) is 4.79 Å². The summed E-state index contributed by atoms with van der Waals surface area (Å²) >= 11 is 0. The van der Waals surface area contributed by atoms with E-state index in [4.69, 9.17) is 5.73 Å². The summed E-state index contributed by atoms with van der Waals surface area (Å²) in [7, 11) is 0. The van der Waals surface area contributed by atoms with E-state index in [1.54, 1.807) is 36.4 Å². The monoisotopic (exact) mass is 273 g/mol. The van der Waals surface area contributed by atoms with Gasteiger partial charge in [0.15, 0.2) is 0 Å². The molecule has 0 aliphatic heterocycles. The summed E-state index contributed by atoms with van der Waals surface area (Å²) in [5.41, 5.74) is 7.18. The smallest absolute Gasteiger partial charge is 0.311 e. The van der Waals surface area contributed by atoms with Crippen LogP contribution in [0.1, 0.15) is 23.0 Å². The fourth-order valence-electron chi connectivity index (χ4n) is 2.38. The van der Waals surface area contributed by atoms with E-state index in [0.717, 1.165) is 5.56 Å². The van der Waals surface area contributed by atoms with E-state index >= 15 is 0 Å². The molecule has 0 amide bonds. The molecule has 2 aromatic carbocycles. The van der Waals surface area contributed by atoms with Crippen LogP contribution in [-0.4, -0.2) is 17.6 Å². The molecule has 0 fully saturated rings. The van der Waals surface area contributed by atoms with Crippen LogP contribution in [-0.2, 0) is 4.79 Å². The lowest BCUT2D eigenvalue weighted by atomic mass is 9.81. The quantitative estimate of drug-likeness (QED) is 0.880. The van der Waals surface area contributed by atoms with Crippen molar-refractivity contribution in [2.24, 2.45) is 5.73 Å². The highest BCUT2D eigenvalue weighted by Crippen LogP contribution is 2.32. The van der Waals surface area contributed by atoms with Gasteiger partial charge in [0.25, 0.3) is 0 Å². The molecule has 0 spiro atoms. The zero-order valence-corrected chi connectivity index (χ0v) is 10.9. The third-order valence-corrected chi connectivity index (χ3v) is 3.38. The first-order valence-electron chi connectivity index (χ1n) is 6.36. The number of benzene rings is 2. The van der Waals surface area contributed by atoms with E-state index < -0.39 is 17.8 Å². The molecule has 3 N–H and O–H groups in total. The topological polar surface area (TPSA) is 63.3 Å². The zero-order valence-electron chi connectivity index (χ0n) is 10.9. The number of carbonyl (C=O) groups is 1. The van der Waals surface area contributed by atoms with Crippen LogP contribution in [0.2, 0.25) is 0 Å². The Morgan fingerprint density at radius 2 is 1.65 bits per heavy atom. The Morgan fingerprint density at radius 1 is 1.05 bits per heavy atom. The van der Waals surface area contributed by atoms with Gasteiger partial charge in [-0.05, 0) is 23.3 Å². The van der Waals surface area contributed by atoms with Crippen LogP contribution in [0.4, 0.5) is 4.39 Å². The Kier molecular flexibility index (Phi) is 4.48. The van der Waals surface area contributed by atoms with E-state index in [0.29, 0.717) is 5.56 Å². The second kappa shape index (κ2) is 6.30. The Hall–Kier alpha value is -2.20. The summed E-state index contributed by atoms with van der Waals surface area (Å²) in [6.45, 7) is 0.178. The van der Waals surface area contributed by atoms with Gasteiger partial charge in [-0.15, -0.1) is 0 Å². The van der Waals surface area contributed by atoms with Gasteiger partial charge in [-0.2, -0.15) is 0 Å². The molecule has 3 nitrogen and oxygen atoms in total. The first-order valence-corrected chi connectivity index (χ1v) is 6.36. The molecule has 0 saturated carbocycles. The molecule has 0 aliphatic rings. The maximum Gasteiger partial charge on any atom is 0.311 e. The van der Waals surface area contributed by atoms with Gasteiger partial charge in [-0.1, -0.05) is 42.5 Å². The Labute approximate surface area is 116 Å². The molecular formula is C16H16FNO2. The largest absolute Gasteiger partial charge is 0.481 e. The lowest BCUT2D eigenvalue weighted by Gasteiger charge is -2.23. The van der Waals surface area contributed by atoms with Crippen molar-refractivity contribution in [2.45, 2.75) is 11.8 Å². The molecule has 2 aromatic rings. The highest BCUT2D eigenvalue weighted by Gasteiger charge is 2.29. The van der Waals surface area contributed by atoms with E-state index in [1.165, 1.54) is 12.1 Å². The van der Waals surface area contributed by atoms with Crippen LogP contribution < -0.4 is 5.73 Å². The Bertz CT molecular complexity index is 569. The molecule has 20 heavy (non-hydrogen) atoms. The molecule has 0 aliphatic carbocycles. The van der Waals surface area contributed by atoms with Gasteiger partial charge in [-0.25, -0.2) is 4.39 Å². The van der Waals surface area contributed by atoms with Crippen molar-refractivity contribution >= 4 is 5.97 Å². The van der Waals surface area contributed by atoms with E-state index in [2.05, 4.69) is 0 Å². The first-order chi connectivity index (χ1) is 9.63.